The van der Waals surface area contributed by atoms with Gasteiger partial charge in [0.25, 0.3) is 11.1 Å². The normalized spacial score (nSPS) is 12.2. The topological polar surface area (TPSA) is 101 Å². The van der Waals surface area contributed by atoms with Gasteiger partial charge in [0.1, 0.15) is 11.5 Å². The molecule has 12 heteroatoms. The lowest BCUT2D eigenvalue weighted by Gasteiger charge is -2.08. The van der Waals surface area contributed by atoms with Crippen molar-refractivity contribution in [3.05, 3.63) is 57.1 Å². The Hall–Kier alpha value is -3.28. The Labute approximate surface area is 160 Å². The maximum Gasteiger partial charge on any atom is 0.536 e. The zero-order chi connectivity index (χ0) is 21.6. The smallest absolute Gasteiger partial charge is 0.497 e. The van der Waals surface area contributed by atoms with Crippen molar-refractivity contribution in [3.8, 4) is 11.5 Å². The number of alkyl halides is 3. The third-order valence-corrected chi connectivity index (χ3v) is 4.94. The van der Waals surface area contributed by atoms with Crippen LogP contribution < -0.4 is 24.9 Å². The lowest BCUT2D eigenvalue weighted by atomic mass is 10.1. The Morgan fingerprint density at radius 2 is 1.21 bits per heavy atom. The number of fused-ring (bicyclic) bond motifs is 3. The first-order chi connectivity index (χ1) is 13.5. The van der Waals surface area contributed by atoms with E-state index in [2.05, 4.69) is 4.28 Å². The van der Waals surface area contributed by atoms with Crippen molar-refractivity contribution in [3.63, 3.8) is 0 Å². The largest absolute Gasteiger partial charge is 0.536 e. The molecule has 0 aliphatic rings. The molecule has 0 spiro atoms. The number of rotatable bonds is 4. The fraction of sp³-hybridized carbons (Fsp3) is 0.176. The van der Waals surface area contributed by atoms with Crippen molar-refractivity contribution in [1.29, 1.82) is 0 Å². The fourth-order valence-corrected chi connectivity index (χ4v) is 3.05. The molecule has 0 fully saturated rings. The molecule has 0 saturated heterocycles. The minimum Gasteiger partial charge on any atom is -0.497 e. The van der Waals surface area contributed by atoms with Crippen LogP contribution in [0.2, 0.25) is 0 Å². The van der Waals surface area contributed by atoms with Gasteiger partial charge in [0.2, 0.25) is 0 Å². The van der Waals surface area contributed by atoms with Crippen molar-refractivity contribution >= 4 is 31.7 Å². The minimum atomic E-state index is -6.28. The highest BCUT2D eigenvalue weighted by Gasteiger charge is 2.49. The van der Waals surface area contributed by atoms with Gasteiger partial charge in [-0.05, 0) is 47.2 Å². The van der Waals surface area contributed by atoms with Gasteiger partial charge in [-0.1, -0.05) is 4.73 Å². The number of methoxy groups -OCH3 is 2. The number of benzene rings is 2. The van der Waals surface area contributed by atoms with E-state index in [0.29, 0.717) is 0 Å². The molecule has 0 aliphatic heterocycles. The van der Waals surface area contributed by atoms with Gasteiger partial charge >= 0.3 is 15.6 Å². The van der Waals surface area contributed by atoms with E-state index in [4.69, 9.17) is 9.47 Å². The first-order valence-corrected chi connectivity index (χ1v) is 9.17. The van der Waals surface area contributed by atoms with Gasteiger partial charge in [-0.3, -0.25) is 13.9 Å². The molecule has 0 atom stereocenters. The number of hydrogen-bond donors (Lipinski definition) is 0. The van der Waals surface area contributed by atoms with Crippen LogP contribution in [-0.4, -0.2) is 32.9 Å². The SMILES string of the molecule is COc1ccc2c(=O)n(OS(=O)(=O)C(F)(F)F)c(=O)c3ccc(OC)cc3c2c1. The van der Waals surface area contributed by atoms with E-state index >= 15 is 0 Å². The van der Waals surface area contributed by atoms with Crippen LogP contribution in [0.4, 0.5) is 13.2 Å². The summed E-state index contributed by atoms with van der Waals surface area (Å²) in [5.41, 5.74) is -8.63. The van der Waals surface area contributed by atoms with Gasteiger partial charge in [-0.15, -0.1) is 0 Å². The maximum atomic E-state index is 12.8. The van der Waals surface area contributed by atoms with Crippen LogP contribution in [-0.2, 0) is 10.1 Å². The molecule has 0 bridgehead atoms. The summed E-state index contributed by atoms with van der Waals surface area (Å²) < 4.78 is 74.7. The third kappa shape index (κ3) is 3.46. The van der Waals surface area contributed by atoms with Crippen LogP contribution in [0.25, 0.3) is 21.5 Å². The molecule has 0 radical (unpaired) electrons. The second-order valence-electron chi connectivity index (χ2n) is 5.70. The summed E-state index contributed by atoms with van der Waals surface area (Å²) in [5, 5.41) is -0.314. The van der Waals surface area contributed by atoms with Gasteiger partial charge < -0.3 is 9.47 Å². The predicted molar refractivity (Wildman–Crippen MR) is 96.6 cm³/mol. The van der Waals surface area contributed by atoms with Crippen LogP contribution in [0.3, 0.4) is 0 Å². The summed E-state index contributed by atoms with van der Waals surface area (Å²) in [6.45, 7) is 0. The monoisotopic (exact) mass is 431 g/mol. The number of aromatic nitrogens is 1. The summed E-state index contributed by atoms with van der Waals surface area (Å²) in [4.78, 5) is 25.5. The van der Waals surface area contributed by atoms with Crippen LogP contribution in [0, 0.1) is 0 Å². The second kappa shape index (κ2) is 6.95. The number of nitrogens with zero attached hydrogens (tertiary/aromatic N) is 1. The zero-order valence-electron chi connectivity index (χ0n) is 14.8. The minimum absolute atomic E-state index is 0.118. The van der Waals surface area contributed by atoms with Crippen LogP contribution in [0.15, 0.2) is 46.0 Å². The van der Waals surface area contributed by atoms with Crippen molar-refractivity contribution in [1.82, 2.24) is 4.73 Å². The van der Waals surface area contributed by atoms with E-state index in [-0.39, 0.29) is 33.0 Å². The highest BCUT2D eigenvalue weighted by molar-refractivity contribution is 7.87. The first-order valence-electron chi connectivity index (χ1n) is 7.76. The summed E-state index contributed by atoms with van der Waals surface area (Å²) in [7, 11) is -3.57. The molecular formula is C17H12F3NO7S. The number of halogens is 3. The number of ether oxygens (including phenoxy) is 2. The average Bonchev–Trinajstić information content (AvgIpc) is 2.76. The van der Waals surface area contributed by atoms with Crippen LogP contribution >= 0.6 is 0 Å². The molecule has 29 heavy (non-hydrogen) atoms. The fourth-order valence-electron chi connectivity index (χ4n) is 2.64. The summed E-state index contributed by atoms with van der Waals surface area (Å²) >= 11 is 0. The molecule has 1 aromatic heterocycles. The highest BCUT2D eigenvalue weighted by Crippen LogP contribution is 2.27. The Morgan fingerprint density at radius 3 is 1.55 bits per heavy atom. The molecule has 154 valence electrons. The molecule has 0 N–H and O–H groups in total. The molecule has 8 nitrogen and oxygen atoms in total. The Bertz CT molecular complexity index is 1270. The summed E-state index contributed by atoms with van der Waals surface area (Å²) in [6, 6.07) is 7.75. The lowest BCUT2D eigenvalue weighted by Crippen LogP contribution is -2.43. The molecule has 2 aromatic carbocycles. The first kappa shape index (κ1) is 20.5. The Morgan fingerprint density at radius 1 is 0.793 bits per heavy atom. The van der Waals surface area contributed by atoms with Crippen LogP contribution in [0.5, 0.6) is 11.5 Å². The third-order valence-electron chi connectivity index (χ3n) is 4.03. The molecule has 0 aliphatic carbocycles. The van der Waals surface area contributed by atoms with Gasteiger partial charge in [0, 0.05) is 0 Å². The van der Waals surface area contributed by atoms with E-state index in [1.807, 2.05) is 0 Å². The van der Waals surface area contributed by atoms with Crippen molar-refractivity contribution < 1.29 is 35.3 Å². The van der Waals surface area contributed by atoms with Gasteiger partial charge in [0.15, 0.2) is 0 Å². The van der Waals surface area contributed by atoms with E-state index < -0.39 is 31.5 Å². The second-order valence-corrected chi connectivity index (χ2v) is 7.22. The average molecular weight is 431 g/mol. The van der Waals surface area contributed by atoms with E-state index in [1.54, 1.807) is 0 Å². The predicted octanol–water partition coefficient (Wildman–Crippen LogP) is 1.81. The van der Waals surface area contributed by atoms with E-state index in [0.717, 1.165) is 0 Å². The number of hydrogen-bond acceptors (Lipinski definition) is 7. The van der Waals surface area contributed by atoms with Crippen LogP contribution in [0.1, 0.15) is 0 Å². The molecule has 0 unspecified atom stereocenters. The summed E-state index contributed by atoms with van der Waals surface area (Å²) in [5.74, 6) is 0.574. The van der Waals surface area contributed by atoms with Crippen molar-refractivity contribution in [2.24, 2.45) is 0 Å². The standard InChI is InChI=1S/C17H12F3NO7S/c1-26-9-3-5-11-13(7-9)14-8-10(27-2)4-6-12(14)16(23)21(15(11)22)28-29(24,25)17(18,19)20/h3-8H,1-2H3. The Kier molecular flexibility index (Phi) is 4.91. The van der Waals surface area contributed by atoms with Gasteiger partial charge in [-0.25, -0.2) is 0 Å². The van der Waals surface area contributed by atoms with Crippen molar-refractivity contribution in [2.45, 2.75) is 5.51 Å². The Balaban J connectivity index is 2.55. The lowest BCUT2D eigenvalue weighted by molar-refractivity contribution is -0.0551. The molecule has 3 aromatic rings. The molecule has 3 rings (SSSR count). The molecule has 0 saturated carbocycles. The van der Waals surface area contributed by atoms with Gasteiger partial charge in [0.05, 0.1) is 25.0 Å². The van der Waals surface area contributed by atoms with Crippen molar-refractivity contribution in [2.75, 3.05) is 14.2 Å². The van der Waals surface area contributed by atoms with E-state index in [9.17, 15) is 31.2 Å². The molecule has 1 heterocycles. The quantitative estimate of drug-likeness (QED) is 0.581. The van der Waals surface area contributed by atoms with E-state index in [1.165, 1.54) is 50.6 Å². The zero-order valence-corrected chi connectivity index (χ0v) is 15.6. The van der Waals surface area contributed by atoms with Gasteiger partial charge in [-0.2, -0.15) is 21.6 Å². The summed E-state index contributed by atoms with van der Waals surface area (Å²) in [6.07, 6.45) is 0. The molecular weight excluding hydrogens is 419 g/mol. The highest BCUT2D eigenvalue weighted by atomic mass is 32.2. The molecule has 0 amide bonds. The maximum absolute atomic E-state index is 12.8.